The van der Waals surface area contributed by atoms with E-state index >= 15 is 0 Å². The van der Waals surface area contributed by atoms with Crippen molar-refractivity contribution < 1.29 is 0 Å². The molecule has 0 aliphatic carbocycles. The van der Waals surface area contributed by atoms with Gasteiger partial charge in [0.2, 0.25) is 0 Å². The van der Waals surface area contributed by atoms with Gasteiger partial charge >= 0.3 is 0 Å². The molecular weight excluding hydrogens is 120 g/mol. The first-order valence-electron chi connectivity index (χ1n) is 2.20. The van der Waals surface area contributed by atoms with Crippen molar-refractivity contribution in [3.8, 4) is 0 Å². The third-order valence-corrected chi connectivity index (χ3v) is 1.55. The number of hydrazone groups is 1. The second-order valence-electron chi connectivity index (χ2n) is 1.29. The standard InChI is InChI=1S/C5H6N2S/c6-7-4-5-2-1-3-8-5/h1-4H,6H2/b7-4-. The average Bonchev–Trinajstić information content (AvgIpc) is 2.19. The zero-order valence-corrected chi connectivity index (χ0v) is 5.06. The molecule has 3 heteroatoms. The summed E-state index contributed by atoms with van der Waals surface area (Å²) in [6.07, 6.45) is 1.63. The summed E-state index contributed by atoms with van der Waals surface area (Å²) in [5, 5.41) is 5.35. The van der Waals surface area contributed by atoms with Crippen LogP contribution < -0.4 is 5.84 Å². The molecule has 0 aliphatic heterocycles. The molecule has 0 amide bonds. The number of nitrogens with two attached hydrogens (primary N) is 1. The van der Waals surface area contributed by atoms with Crippen LogP contribution in [0.4, 0.5) is 0 Å². The fraction of sp³-hybridized carbons (Fsp3) is 0. The summed E-state index contributed by atoms with van der Waals surface area (Å²) in [5.41, 5.74) is 0. The molecule has 0 aromatic carbocycles. The second-order valence-corrected chi connectivity index (χ2v) is 2.27. The van der Waals surface area contributed by atoms with E-state index in [1.165, 1.54) is 0 Å². The van der Waals surface area contributed by atoms with Gasteiger partial charge in [0.05, 0.1) is 6.21 Å². The quantitative estimate of drug-likeness (QED) is 0.341. The van der Waals surface area contributed by atoms with Crippen LogP contribution in [0, 0.1) is 0 Å². The molecule has 0 fully saturated rings. The summed E-state index contributed by atoms with van der Waals surface area (Å²) in [7, 11) is 0. The highest BCUT2D eigenvalue weighted by atomic mass is 32.1. The van der Waals surface area contributed by atoms with Crippen LogP contribution >= 0.6 is 11.3 Å². The molecule has 8 heavy (non-hydrogen) atoms. The van der Waals surface area contributed by atoms with Gasteiger partial charge in [-0.05, 0) is 11.4 Å². The maximum Gasteiger partial charge on any atom is 0.0637 e. The summed E-state index contributed by atoms with van der Waals surface area (Å²) < 4.78 is 0. The minimum absolute atomic E-state index is 1.09. The van der Waals surface area contributed by atoms with Crippen LogP contribution in [0.25, 0.3) is 0 Å². The maximum atomic E-state index is 4.90. The van der Waals surface area contributed by atoms with Gasteiger partial charge in [-0.25, -0.2) is 0 Å². The molecular formula is C5H6N2S. The third kappa shape index (κ3) is 1.07. The van der Waals surface area contributed by atoms with Crippen LogP contribution in [0.2, 0.25) is 0 Å². The average molecular weight is 126 g/mol. The van der Waals surface area contributed by atoms with Gasteiger partial charge in [0.25, 0.3) is 0 Å². The van der Waals surface area contributed by atoms with Gasteiger partial charge in [-0.1, -0.05) is 6.07 Å². The molecule has 1 aromatic heterocycles. The molecule has 0 radical (unpaired) electrons. The Morgan fingerprint density at radius 3 is 3.12 bits per heavy atom. The lowest BCUT2D eigenvalue weighted by Crippen LogP contribution is -1.80. The summed E-state index contributed by atoms with van der Waals surface area (Å²) in [5.74, 6) is 4.90. The van der Waals surface area contributed by atoms with Gasteiger partial charge in [-0.2, -0.15) is 5.10 Å². The highest BCUT2D eigenvalue weighted by Gasteiger charge is 1.82. The lowest BCUT2D eigenvalue weighted by molar-refractivity contribution is 1.27. The summed E-state index contributed by atoms with van der Waals surface area (Å²) >= 11 is 1.62. The van der Waals surface area contributed by atoms with Crippen molar-refractivity contribution in [3.63, 3.8) is 0 Å². The Morgan fingerprint density at radius 1 is 1.75 bits per heavy atom. The van der Waals surface area contributed by atoms with Crippen LogP contribution in [0.15, 0.2) is 22.6 Å². The zero-order chi connectivity index (χ0) is 5.82. The van der Waals surface area contributed by atoms with E-state index in [0.29, 0.717) is 0 Å². The molecule has 0 aliphatic rings. The maximum absolute atomic E-state index is 4.90. The monoisotopic (exact) mass is 126 g/mol. The predicted octanol–water partition coefficient (Wildman–Crippen LogP) is 1.04. The minimum atomic E-state index is 1.09. The Hall–Kier alpha value is -0.830. The zero-order valence-electron chi connectivity index (χ0n) is 4.24. The van der Waals surface area contributed by atoms with Crippen molar-refractivity contribution in [2.45, 2.75) is 0 Å². The van der Waals surface area contributed by atoms with Crippen LogP contribution in [0.5, 0.6) is 0 Å². The SMILES string of the molecule is N/N=C\c1cccs1. The molecule has 2 nitrogen and oxygen atoms in total. The fourth-order valence-corrected chi connectivity index (χ4v) is 1.03. The summed E-state index contributed by atoms with van der Waals surface area (Å²) in [6, 6.07) is 3.92. The molecule has 1 aromatic rings. The highest BCUT2D eigenvalue weighted by molar-refractivity contribution is 7.11. The summed E-state index contributed by atoms with van der Waals surface area (Å²) in [6.45, 7) is 0. The molecule has 1 heterocycles. The minimum Gasteiger partial charge on any atom is -0.323 e. The Balaban J connectivity index is 2.77. The van der Waals surface area contributed by atoms with Crippen molar-refractivity contribution in [3.05, 3.63) is 22.4 Å². The van der Waals surface area contributed by atoms with Crippen LogP contribution in [-0.2, 0) is 0 Å². The first kappa shape index (κ1) is 5.31. The van der Waals surface area contributed by atoms with Gasteiger partial charge in [-0.3, -0.25) is 0 Å². The molecule has 1 rings (SSSR count). The van der Waals surface area contributed by atoms with E-state index in [-0.39, 0.29) is 0 Å². The van der Waals surface area contributed by atoms with Gasteiger partial charge < -0.3 is 5.84 Å². The van der Waals surface area contributed by atoms with Crippen molar-refractivity contribution >= 4 is 17.6 Å². The Morgan fingerprint density at radius 2 is 2.62 bits per heavy atom. The lowest BCUT2D eigenvalue weighted by atomic mass is 10.5. The molecule has 42 valence electrons. The summed E-state index contributed by atoms with van der Waals surface area (Å²) in [4.78, 5) is 1.09. The first-order valence-corrected chi connectivity index (χ1v) is 3.08. The second kappa shape index (κ2) is 2.47. The molecule has 0 unspecified atom stereocenters. The molecule has 0 saturated heterocycles. The van der Waals surface area contributed by atoms with Gasteiger partial charge in [0.1, 0.15) is 0 Å². The molecule has 2 N–H and O–H groups in total. The fourth-order valence-electron chi connectivity index (χ4n) is 0.438. The van der Waals surface area contributed by atoms with Crippen molar-refractivity contribution in [2.24, 2.45) is 10.9 Å². The lowest BCUT2D eigenvalue weighted by Gasteiger charge is -1.74. The Bertz CT molecular complexity index is 167. The van der Waals surface area contributed by atoms with Crippen molar-refractivity contribution in [2.75, 3.05) is 0 Å². The normalized spacial score (nSPS) is 10.5. The Labute approximate surface area is 51.6 Å². The van der Waals surface area contributed by atoms with Gasteiger partial charge in [0, 0.05) is 4.88 Å². The number of hydrogen-bond acceptors (Lipinski definition) is 3. The molecule has 0 bridgehead atoms. The van der Waals surface area contributed by atoms with Crippen molar-refractivity contribution in [1.82, 2.24) is 0 Å². The van der Waals surface area contributed by atoms with Crippen molar-refractivity contribution in [1.29, 1.82) is 0 Å². The molecule has 0 atom stereocenters. The highest BCUT2D eigenvalue weighted by Crippen LogP contribution is 2.03. The topological polar surface area (TPSA) is 38.4 Å². The number of hydrogen-bond donors (Lipinski definition) is 1. The van der Waals surface area contributed by atoms with Gasteiger partial charge in [0.15, 0.2) is 0 Å². The van der Waals surface area contributed by atoms with E-state index in [9.17, 15) is 0 Å². The van der Waals surface area contributed by atoms with E-state index < -0.39 is 0 Å². The smallest absolute Gasteiger partial charge is 0.0637 e. The van der Waals surface area contributed by atoms with E-state index in [0.717, 1.165) is 4.88 Å². The number of nitrogens with zero attached hydrogens (tertiary/aromatic N) is 1. The van der Waals surface area contributed by atoms with E-state index in [1.807, 2.05) is 17.5 Å². The predicted molar refractivity (Wildman–Crippen MR) is 36.1 cm³/mol. The van der Waals surface area contributed by atoms with Gasteiger partial charge in [-0.15, -0.1) is 11.3 Å². The van der Waals surface area contributed by atoms with Crippen LogP contribution in [0.3, 0.4) is 0 Å². The van der Waals surface area contributed by atoms with E-state index in [1.54, 1.807) is 17.6 Å². The van der Waals surface area contributed by atoms with Crippen LogP contribution in [0.1, 0.15) is 4.88 Å². The van der Waals surface area contributed by atoms with E-state index in [2.05, 4.69) is 5.10 Å². The third-order valence-electron chi connectivity index (χ3n) is 0.745. The molecule has 0 spiro atoms. The first-order chi connectivity index (χ1) is 3.93. The molecule has 0 saturated carbocycles. The van der Waals surface area contributed by atoms with Crippen LogP contribution in [-0.4, -0.2) is 6.21 Å². The number of thiophene rings is 1. The Kier molecular flexibility index (Phi) is 1.64. The largest absolute Gasteiger partial charge is 0.323 e. The van der Waals surface area contributed by atoms with E-state index in [4.69, 9.17) is 5.84 Å². The number of rotatable bonds is 1.